The number of hydrogen-bond donors (Lipinski definition) is 0. The van der Waals surface area contributed by atoms with E-state index < -0.39 is 36.7 Å². The summed E-state index contributed by atoms with van der Waals surface area (Å²) in [4.78, 5) is 47.3. The second-order valence-corrected chi connectivity index (χ2v) is 7.08. The third-order valence-electron chi connectivity index (χ3n) is 4.45. The zero-order valence-corrected chi connectivity index (χ0v) is 17.9. The Balaban J connectivity index is 2.36. The molecule has 0 aliphatic rings. The molecule has 1 atom stereocenters. The maximum Gasteiger partial charge on any atom is 0.378 e. The number of Topliss-reactive ketones (excluding diaryl/α,β-unsaturated/α-hetero) is 1. The van der Waals surface area contributed by atoms with E-state index in [0.717, 1.165) is 31.2 Å². The van der Waals surface area contributed by atoms with Gasteiger partial charge in [-0.1, -0.05) is 57.4 Å². The Bertz CT molecular complexity index is 749. The summed E-state index contributed by atoms with van der Waals surface area (Å²) in [7, 11) is 0. The van der Waals surface area contributed by atoms with E-state index >= 15 is 0 Å². The molecule has 1 aromatic carbocycles. The average molecular weight is 418 g/mol. The highest BCUT2D eigenvalue weighted by atomic mass is 16.6. The van der Waals surface area contributed by atoms with E-state index in [0.29, 0.717) is 5.75 Å². The average Bonchev–Trinajstić information content (AvgIpc) is 2.73. The largest absolute Gasteiger partial charge is 0.460 e. The lowest BCUT2D eigenvalue weighted by Gasteiger charge is -2.14. The Kier molecular flexibility index (Phi) is 11.1. The zero-order chi connectivity index (χ0) is 22.5. The fraction of sp³-hybridized carbons (Fsp3) is 0.478. The predicted molar refractivity (Wildman–Crippen MR) is 111 cm³/mol. The van der Waals surface area contributed by atoms with Crippen LogP contribution in [-0.2, 0) is 28.7 Å². The van der Waals surface area contributed by atoms with Gasteiger partial charge in [0.15, 0.2) is 6.61 Å². The Hall–Kier alpha value is -2.96. The van der Waals surface area contributed by atoms with Crippen LogP contribution in [0.25, 0.3) is 0 Å². The van der Waals surface area contributed by atoms with Gasteiger partial charge >= 0.3 is 17.9 Å². The Morgan fingerprint density at radius 1 is 1.00 bits per heavy atom. The normalized spacial score (nSPS) is 11.3. The highest BCUT2D eigenvalue weighted by Crippen LogP contribution is 2.14. The van der Waals surface area contributed by atoms with Crippen molar-refractivity contribution in [2.45, 2.75) is 52.9 Å². The first-order valence-corrected chi connectivity index (χ1v) is 10.1. The second kappa shape index (κ2) is 13.3. The number of ketones is 1. The van der Waals surface area contributed by atoms with Gasteiger partial charge in [0.25, 0.3) is 5.78 Å². The smallest absolute Gasteiger partial charge is 0.378 e. The van der Waals surface area contributed by atoms with Crippen molar-refractivity contribution >= 4 is 23.7 Å². The van der Waals surface area contributed by atoms with Crippen LogP contribution >= 0.6 is 0 Å². The van der Waals surface area contributed by atoms with Gasteiger partial charge in [-0.05, 0) is 31.4 Å². The molecule has 0 heterocycles. The third kappa shape index (κ3) is 9.49. The first kappa shape index (κ1) is 25.1. The molecule has 0 saturated heterocycles. The van der Waals surface area contributed by atoms with E-state index in [9.17, 15) is 19.2 Å². The number of ether oxygens (including phenoxy) is 3. The van der Waals surface area contributed by atoms with E-state index in [-0.39, 0.29) is 18.1 Å². The third-order valence-corrected chi connectivity index (χ3v) is 4.45. The van der Waals surface area contributed by atoms with Crippen LogP contribution in [0.5, 0.6) is 5.75 Å². The van der Waals surface area contributed by atoms with Crippen molar-refractivity contribution in [2.24, 2.45) is 5.92 Å². The first-order valence-electron chi connectivity index (χ1n) is 10.1. The lowest BCUT2D eigenvalue weighted by molar-refractivity contribution is -0.159. The molecule has 0 aliphatic carbocycles. The van der Waals surface area contributed by atoms with E-state index in [4.69, 9.17) is 14.2 Å². The van der Waals surface area contributed by atoms with Crippen molar-refractivity contribution in [2.75, 3.05) is 13.2 Å². The number of benzene rings is 1. The number of unbranched alkanes of at least 4 members (excludes halogenated alkanes) is 1. The number of aryl methyl sites for hydroxylation is 1. The summed E-state index contributed by atoms with van der Waals surface area (Å²) in [5.41, 5.74) is 0.830. The number of carbonyl (C=O) groups is 4. The molecule has 0 aromatic heterocycles. The molecule has 164 valence electrons. The molecule has 1 aromatic rings. The zero-order valence-electron chi connectivity index (χ0n) is 17.9. The fourth-order valence-electron chi connectivity index (χ4n) is 2.48. The van der Waals surface area contributed by atoms with Crippen molar-refractivity contribution in [1.29, 1.82) is 0 Å². The minimum Gasteiger partial charge on any atom is -0.460 e. The minimum atomic E-state index is -1.04. The monoisotopic (exact) mass is 418 g/mol. The first-order chi connectivity index (χ1) is 14.3. The predicted octanol–water partition coefficient (Wildman–Crippen LogP) is 3.72. The van der Waals surface area contributed by atoms with Gasteiger partial charge in [-0.15, -0.1) is 0 Å². The summed E-state index contributed by atoms with van der Waals surface area (Å²) < 4.78 is 14.9. The van der Waals surface area contributed by atoms with Crippen LogP contribution in [0.1, 0.15) is 51.5 Å². The molecule has 0 bridgehead atoms. The van der Waals surface area contributed by atoms with Gasteiger partial charge in [0.2, 0.25) is 0 Å². The quantitative estimate of drug-likeness (QED) is 0.208. The molecule has 1 rings (SSSR count). The summed E-state index contributed by atoms with van der Waals surface area (Å²) in [6, 6.07) is 6.82. The molecule has 30 heavy (non-hydrogen) atoms. The standard InChI is InChI=1S/C23H30O7/c1-5-7-8-18(6-2)14-28-23(27)20(24)15-29-22(26)17(4)13-21(25)30-19-11-9-16(3)10-12-19/h9-12,18H,4-8,13-15H2,1-3H3. The second-order valence-electron chi connectivity index (χ2n) is 7.08. The van der Waals surface area contributed by atoms with E-state index in [1.54, 1.807) is 24.3 Å². The van der Waals surface area contributed by atoms with Crippen molar-refractivity contribution in [3.05, 3.63) is 42.0 Å². The summed E-state index contributed by atoms with van der Waals surface area (Å²) in [6.45, 7) is 8.83. The molecular weight excluding hydrogens is 388 g/mol. The van der Waals surface area contributed by atoms with Gasteiger partial charge in [-0.2, -0.15) is 0 Å². The summed E-state index contributed by atoms with van der Waals surface area (Å²) in [6.07, 6.45) is 3.43. The van der Waals surface area contributed by atoms with Crippen LogP contribution < -0.4 is 4.74 Å². The van der Waals surface area contributed by atoms with Crippen molar-refractivity contribution < 1.29 is 33.4 Å². The van der Waals surface area contributed by atoms with Crippen LogP contribution in [-0.4, -0.2) is 36.9 Å². The molecule has 0 aliphatic heterocycles. The molecule has 0 fully saturated rings. The van der Waals surface area contributed by atoms with Gasteiger partial charge in [0.1, 0.15) is 5.75 Å². The molecule has 1 unspecified atom stereocenters. The molecule has 0 saturated carbocycles. The maximum absolute atomic E-state index is 11.9. The molecule has 0 N–H and O–H groups in total. The van der Waals surface area contributed by atoms with Gasteiger partial charge < -0.3 is 14.2 Å². The van der Waals surface area contributed by atoms with Crippen LogP contribution in [0.15, 0.2) is 36.4 Å². The molecule has 0 radical (unpaired) electrons. The van der Waals surface area contributed by atoms with Crippen LogP contribution in [0.3, 0.4) is 0 Å². The summed E-state index contributed by atoms with van der Waals surface area (Å²) in [5.74, 6) is -3.11. The maximum atomic E-state index is 11.9. The lowest BCUT2D eigenvalue weighted by Crippen LogP contribution is -2.26. The Morgan fingerprint density at radius 3 is 2.27 bits per heavy atom. The molecule has 0 spiro atoms. The highest BCUT2D eigenvalue weighted by molar-refractivity contribution is 6.34. The van der Waals surface area contributed by atoms with Gasteiger partial charge in [-0.3, -0.25) is 9.59 Å². The SMILES string of the molecule is C=C(CC(=O)Oc1ccc(C)cc1)C(=O)OCC(=O)C(=O)OCC(CC)CCCC. The molecule has 7 heteroatoms. The highest BCUT2D eigenvalue weighted by Gasteiger charge is 2.21. The van der Waals surface area contributed by atoms with Gasteiger partial charge in [0.05, 0.1) is 13.0 Å². The van der Waals surface area contributed by atoms with Crippen LogP contribution in [0.2, 0.25) is 0 Å². The van der Waals surface area contributed by atoms with E-state index in [1.165, 1.54) is 0 Å². The van der Waals surface area contributed by atoms with Crippen LogP contribution in [0.4, 0.5) is 0 Å². The van der Waals surface area contributed by atoms with Crippen molar-refractivity contribution in [3.63, 3.8) is 0 Å². The van der Waals surface area contributed by atoms with Crippen molar-refractivity contribution in [1.82, 2.24) is 0 Å². The minimum absolute atomic E-state index is 0.159. The van der Waals surface area contributed by atoms with Gasteiger partial charge in [0, 0.05) is 5.57 Å². The molecule has 7 nitrogen and oxygen atoms in total. The fourth-order valence-corrected chi connectivity index (χ4v) is 2.48. The summed E-state index contributed by atoms with van der Waals surface area (Å²) >= 11 is 0. The number of carbonyl (C=O) groups excluding carboxylic acids is 4. The van der Waals surface area contributed by atoms with Crippen molar-refractivity contribution in [3.8, 4) is 5.75 Å². The van der Waals surface area contributed by atoms with Gasteiger partial charge in [-0.25, -0.2) is 9.59 Å². The summed E-state index contributed by atoms with van der Waals surface area (Å²) in [5, 5.41) is 0. The molecule has 0 amide bonds. The van der Waals surface area contributed by atoms with E-state index in [2.05, 4.69) is 13.5 Å². The Labute approximate surface area is 177 Å². The number of esters is 3. The topological polar surface area (TPSA) is 96.0 Å². The number of hydrogen-bond acceptors (Lipinski definition) is 7. The molecular formula is C23H30O7. The van der Waals surface area contributed by atoms with E-state index in [1.807, 2.05) is 13.8 Å². The lowest BCUT2D eigenvalue weighted by atomic mass is 10.0. The number of rotatable bonds is 13. The van der Waals surface area contributed by atoms with Crippen LogP contribution in [0, 0.1) is 12.8 Å². The Morgan fingerprint density at radius 2 is 1.67 bits per heavy atom.